The van der Waals surface area contributed by atoms with Gasteiger partial charge in [-0.3, -0.25) is 9.69 Å². The molecule has 4 rings (SSSR count). The molecule has 2 saturated heterocycles. The molecule has 3 nitrogen and oxygen atoms in total. The zero-order valence-corrected chi connectivity index (χ0v) is 14.1. The lowest BCUT2D eigenvalue weighted by atomic mass is 9.87. The molecule has 3 aliphatic rings. The van der Waals surface area contributed by atoms with Gasteiger partial charge in [-0.15, -0.1) is 0 Å². The Hall–Kier alpha value is -0.870. The van der Waals surface area contributed by atoms with Crippen LogP contribution in [0.1, 0.15) is 50.5 Å². The van der Waals surface area contributed by atoms with E-state index >= 15 is 0 Å². The van der Waals surface area contributed by atoms with Crippen molar-refractivity contribution in [1.82, 2.24) is 9.80 Å². The van der Waals surface area contributed by atoms with Crippen LogP contribution in [0, 0.1) is 5.92 Å². The minimum absolute atomic E-state index is 0.197. The van der Waals surface area contributed by atoms with Crippen LogP contribution >= 0.6 is 11.3 Å². The maximum atomic E-state index is 12.4. The molecule has 1 saturated carbocycles. The summed E-state index contributed by atoms with van der Waals surface area (Å²) in [6.45, 7) is 4.45. The Morgan fingerprint density at radius 1 is 1.23 bits per heavy atom. The first-order valence-corrected chi connectivity index (χ1v) is 9.73. The monoisotopic (exact) mass is 318 g/mol. The highest BCUT2D eigenvalue weighted by Gasteiger charge is 2.47. The summed E-state index contributed by atoms with van der Waals surface area (Å²) in [5.41, 5.74) is 1.64. The van der Waals surface area contributed by atoms with Crippen molar-refractivity contribution in [2.75, 3.05) is 19.6 Å². The van der Waals surface area contributed by atoms with Gasteiger partial charge in [-0.25, -0.2) is 0 Å². The number of likely N-dealkylation sites (tertiary alicyclic amines) is 2. The fourth-order valence-corrected chi connectivity index (χ4v) is 4.94. The second-order valence-electron chi connectivity index (χ2n) is 7.43. The van der Waals surface area contributed by atoms with Crippen LogP contribution in [0.3, 0.4) is 0 Å². The third kappa shape index (κ3) is 2.95. The molecule has 1 aliphatic carbocycles. The van der Waals surface area contributed by atoms with Crippen molar-refractivity contribution in [3.05, 3.63) is 22.4 Å². The Kier molecular flexibility index (Phi) is 3.99. The number of carbonyl (C=O) groups excluding carboxylic acids is 1. The third-order valence-electron chi connectivity index (χ3n) is 5.81. The second kappa shape index (κ2) is 5.97. The van der Waals surface area contributed by atoms with E-state index in [1.165, 1.54) is 44.2 Å². The summed E-state index contributed by atoms with van der Waals surface area (Å²) in [7, 11) is 0. The van der Waals surface area contributed by atoms with Crippen LogP contribution in [0.25, 0.3) is 0 Å². The van der Waals surface area contributed by atoms with Crippen LogP contribution in [0.2, 0.25) is 0 Å². The number of nitrogens with zero attached hydrogens (tertiary/aromatic N) is 2. The van der Waals surface area contributed by atoms with E-state index in [1.807, 2.05) is 0 Å². The minimum Gasteiger partial charge on any atom is -0.337 e. The summed E-state index contributed by atoms with van der Waals surface area (Å²) in [5, 5.41) is 4.43. The number of thiophene rings is 1. The van der Waals surface area contributed by atoms with Gasteiger partial charge in [0, 0.05) is 31.6 Å². The summed E-state index contributed by atoms with van der Waals surface area (Å²) >= 11 is 1.79. The number of hydrogen-bond acceptors (Lipinski definition) is 3. The van der Waals surface area contributed by atoms with Crippen molar-refractivity contribution in [3.8, 4) is 0 Å². The molecule has 0 aromatic carbocycles. The molecule has 0 N–H and O–H groups in total. The largest absolute Gasteiger partial charge is 0.337 e. The number of amides is 1. The maximum Gasteiger partial charge on any atom is 0.223 e. The molecule has 0 radical (unpaired) electrons. The molecule has 1 aromatic heterocycles. The third-order valence-corrected chi connectivity index (χ3v) is 6.54. The van der Waals surface area contributed by atoms with Gasteiger partial charge in [0.25, 0.3) is 0 Å². The molecule has 120 valence electrons. The van der Waals surface area contributed by atoms with E-state index in [0.717, 1.165) is 38.4 Å². The molecule has 0 unspecified atom stereocenters. The molecule has 1 amide bonds. The zero-order chi connectivity index (χ0) is 15.0. The van der Waals surface area contributed by atoms with Crippen LogP contribution in [0.4, 0.5) is 0 Å². The van der Waals surface area contributed by atoms with Gasteiger partial charge < -0.3 is 4.90 Å². The van der Waals surface area contributed by atoms with E-state index in [4.69, 9.17) is 0 Å². The van der Waals surface area contributed by atoms with Crippen molar-refractivity contribution in [1.29, 1.82) is 0 Å². The van der Waals surface area contributed by atoms with Gasteiger partial charge in [0.05, 0.1) is 0 Å². The molecular weight excluding hydrogens is 292 g/mol. The second-order valence-corrected chi connectivity index (χ2v) is 8.21. The van der Waals surface area contributed by atoms with Crippen LogP contribution in [0.5, 0.6) is 0 Å². The lowest BCUT2D eigenvalue weighted by Crippen LogP contribution is -2.47. The lowest BCUT2D eigenvalue weighted by Gasteiger charge is -2.38. The summed E-state index contributed by atoms with van der Waals surface area (Å²) < 4.78 is 0. The lowest BCUT2D eigenvalue weighted by molar-refractivity contribution is -0.131. The molecular formula is C18H26N2OS. The number of hydrogen-bond donors (Lipinski definition) is 0. The zero-order valence-electron chi connectivity index (χ0n) is 13.3. The minimum atomic E-state index is 0.197. The fourth-order valence-electron chi connectivity index (χ4n) is 4.28. The average molecular weight is 318 g/mol. The van der Waals surface area contributed by atoms with Gasteiger partial charge in [-0.05, 0) is 73.4 Å². The van der Waals surface area contributed by atoms with Gasteiger partial charge in [-0.2, -0.15) is 11.3 Å². The molecule has 3 heterocycles. The number of rotatable bonds is 4. The highest BCUT2D eigenvalue weighted by atomic mass is 32.1. The SMILES string of the molecule is O=C1CC[C@@]2(CCCN(Cc3ccsc3)CC2)N1CC1CC1. The number of carbonyl (C=O) groups is 1. The first kappa shape index (κ1) is 14.7. The maximum absolute atomic E-state index is 12.4. The van der Waals surface area contributed by atoms with E-state index in [1.54, 1.807) is 11.3 Å². The highest BCUT2D eigenvalue weighted by Crippen LogP contribution is 2.42. The molecule has 1 aromatic rings. The van der Waals surface area contributed by atoms with Crippen LogP contribution < -0.4 is 0 Å². The van der Waals surface area contributed by atoms with Crippen molar-refractivity contribution >= 4 is 17.2 Å². The van der Waals surface area contributed by atoms with E-state index in [9.17, 15) is 4.79 Å². The Morgan fingerprint density at radius 3 is 2.91 bits per heavy atom. The molecule has 3 fully saturated rings. The molecule has 1 atom stereocenters. The predicted octanol–water partition coefficient (Wildman–Crippen LogP) is 3.51. The van der Waals surface area contributed by atoms with Gasteiger partial charge in [0.15, 0.2) is 0 Å². The van der Waals surface area contributed by atoms with Gasteiger partial charge >= 0.3 is 0 Å². The predicted molar refractivity (Wildman–Crippen MR) is 89.8 cm³/mol. The molecule has 1 spiro atoms. The Labute approximate surface area is 137 Å². The Bertz CT molecular complexity index is 525. The normalized spacial score (nSPS) is 30.2. The van der Waals surface area contributed by atoms with E-state index in [-0.39, 0.29) is 5.54 Å². The summed E-state index contributed by atoms with van der Waals surface area (Å²) in [6.07, 6.45) is 8.19. The average Bonchev–Trinajstić information content (AvgIpc) is 3.16. The first-order chi connectivity index (χ1) is 10.8. The molecule has 2 aliphatic heterocycles. The van der Waals surface area contributed by atoms with Crippen LogP contribution in [-0.4, -0.2) is 40.9 Å². The highest BCUT2D eigenvalue weighted by molar-refractivity contribution is 7.07. The summed E-state index contributed by atoms with van der Waals surface area (Å²) in [5.74, 6) is 1.24. The standard InChI is InChI=1S/C18H26N2OS/c21-17-4-7-18(20(17)13-15-2-3-15)6-1-9-19(10-8-18)12-16-5-11-22-14-16/h5,11,14-15H,1-4,6-10,12-13H2/t18-/m1/s1. The van der Waals surface area contributed by atoms with Gasteiger partial charge in [0.1, 0.15) is 0 Å². The van der Waals surface area contributed by atoms with Crippen molar-refractivity contribution < 1.29 is 4.79 Å². The van der Waals surface area contributed by atoms with Crippen LogP contribution in [-0.2, 0) is 11.3 Å². The molecule has 0 bridgehead atoms. The van der Waals surface area contributed by atoms with E-state index in [2.05, 4.69) is 26.6 Å². The van der Waals surface area contributed by atoms with Gasteiger partial charge in [-0.1, -0.05) is 0 Å². The fraction of sp³-hybridized carbons (Fsp3) is 0.722. The topological polar surface area (TPSA) is 23.6 Å². The summed E-state index contributed by atoms with van der Waals surface area (Å²) in [6, 6.07) is 2.24. The smallest absolute Gasteiger partial charge is 0.223 e. The van der Waals surface area contributed by atoms with Crippen molar-refractivity contribution in [3.63, 3.8) is 0 Å². The van der Waals surface area contributed by atoms with Crippen molar-refractivity contribution in [2.45, 2.75) is 57.0 Å². The first-order valence-electron chi connectivity index (χ1n) is 8.79. The Balaban J connectivity index is 1.43. The van der Waals surface area contributed by atoms with Crippen LogP contribution in [0.15, 0.2) is 16.8 Å². The Morgan fingerprint density at radius 2 is 2.14 bits per heavy atom. The summed E-state index contributed by atoms with van der Waals surface area (Å²) in [4.78, 5) is 17.3. The molecule has 22 heavy (non-hydrogen) atoms. The quantitative estimate of drug-likeness (QED) is 0.848. The molecule has 4 heteroatoms. The van der Waals surface area contributed by atoms with E-state index < -0.39 is 0 Å². The van der Waals surface area contributed by atoms with E-state index in [0.29, 0.717) is 5.91 Å². The van der Waals surface area contributed by atoms with Gasteiger partial charge in [0.2, 0.25) is 5.91 Å². The van der Waals surface area contributed by atoms with Crippen molar-refractivity contribution in [2.24, 2.45) is 5.92 Å².